The highest BCUT2D eigenvalue weighted by molar-refractivity contribution is 6.36. The van der Waals surface area contributed by atoms with Crippen LogP contribution in [0, 0.1) is 0 Å². The van der Waals surface area contributed by atoms with E-state index < -0.39 is 0 Å². The number of methoxy groups -OCH3 is 2. The lowest BCUT2D eigenvalue weighted by Gasteiger charge is -2.10. The molecule has 0 aliphatic rings. The number of hydrogen-bond donors (Lipinski definition) is 0. The van der Waals surface area contributed by atoms with E-state index in [1.807, 2.05) is 66.9 Å². The predicted octanol–water partition coefficient (Wildman–Crippen LogP) is 8.05. The van der Waals surface area contributed by atoms with Gasteiger partial charge in [-0.25, -0.2) is 4.98 Å². The fraction of sp³-hybridized carbons (Fsp3) is 0.226. The maximum absolute atomic E-state index is 11.2. The number of hydrogen-bond acceptors (Lipinski definition) is 5. The monoisotopic (exact) mass is 564 g/mol. The SMILES string of the molecule is CCn1cc(-c2ccc(Cl)cc2Cl)nc1C=Cc1cc(-c2ccc(OCCCC(=O)OC)cc2)ccc1OC. The van der Waals surface area contributed by atoms with Crippen molar-refractivity contribution in [2.75, 3.05) is 20.8 Å². The van der Waals surface area contributed by atoms with Gasteiger partial charge in [0.05, 0.1) is 31.5 Å². The van der Waals surface area contributed by atoms with E-state index in [4.69, 9.17) is 37.7 Å². The topological polar surface area (TPSA) is 62.6 Å². The number of ether oxygens (including phenoxy) is 3. The number of nitrogens with zero attached hydrogens (tertiary/aromatic N) is 2. The molecule has 39 heavy (non-hydrogen) atoms. The Labute approximate surface area is 238 Å². The van der Waals surface area contributed by atoms with Crippen LogP contribution in [0.3, 0.4) is 0 Å². The van der Waals surface area contributed by atoms with Gasteiger partial charge in [-0.15, -0.1) is 0 Å². The third-order valence-corrected chi connectivity index (χ3v) is 6.75. The van der Waals surface area contributed by atoms with Crippen LogP contribution in [-0.2, 0) is 16.1 Å². The van der Waals surface area contributed by atoms with Crippen LogP contribution in [0.25, 0.3) is 34.5 Å². The van der Waals surface area contributed by atoms with Gasteiger partial charge in [-0.3, -0.25) is 4.79 Å². The molecule has 0 spiro atoms. The van der Waals surface area contributed by atoms with E-state index >= 15 is 0 Å². The summed E-state index contributed by atoms with van der Waals surface area (Å²) in [5.41, 5.74) is 4.63. The smallest absolute Gasteiger partial charge is 0.305 e. The lowest BCUT2D eigenvalue weighted by molar-refractivity contribution is -0.140. The summed E-state index contributed by atoms with van der Waals surface area (Å²) in [5.74, 6) is 2.08. The molecule has 0 aliphatic carbocycles. The molecule has 1 heterocycles. The van der Waals surface area contributed by atoms with E-state index in [1.54, 1.807) is 13.2 Å². The molecule has 0 atom stereocenters. The average molecular weight is 565 g/mol. The van der Waals surface area contributed by atoms with Gasteiger partial charge in [0.25, 0.3) is 0 Å². The van der Waals surface area contributed by atoms with Crippen molar-refractivity contribution in [2.24, 2.45) is 0 Å². The number of benzene rings is 3. The lowest BCUT2D eigenvalue weighted by Crippen LogP contribution is -2.04. The van der Waals surface area contributed by atoms with Gasteiger partial charge in [0, 0.05) is 35.3 Å². The molecule has 202 valence electrons. The Morgan fingerprint density at radius 2 is 1.74 bits per heavy atom. The normalized spacial score (nSPS) is 11.1. The zero-order valence-corrected chi connectivity index (χ0v) is 23.6. The molecule has 0 fully saturated rings. The Hall–Kier alpha value is -3.74. The molecule has 0 saturated carbocycles. The summed E-state index contributed by atoms with van der Waals surface area (Å²) >= 11 is 12.5. The Kier molecular flexibility index (Phi) is 9.69. The van der Waals surface area contributed by atoms with E-state index in [1.165, 1.54) is 7.11 Å². The zero-order valence-electron chi connectivity index (χ0n) is 22.1. The summed E-state index contributed by atoms with van der Waals surface area (Å²) < 4.78 is 18.1. The molecule has 8 heteroatoms. The zero-order chi connectivity index (χ0) is 27.8. The second kappa shape index (κ2) is 13.4. The number of imidazole rings is 1. The second-order valence-electron chi connectivity index (χ2n) is 8.74. The quantitative estimate of drug-likeness (QED) is 0.136. The average Bonchev–Trinajstić information content (AvgIpc) is 3.37. The molecule has 3 aromatic carbocycles. The molecule has 0 saturated heterocycles. The number of aryl methyl sites for hydroxylation is 1. The molecular weight excluding hydrogens is 535 g/mol. The minimum absolute atomic E-state index is 0.233. The molecule has 1 aromatic heterocycles. The Balaban J connectivity index is 1.53. The third-order valence-electron chi connectivity index (χ3n) is 6.21. The van der Waals surface area contributed by atoms with Crippen LogP contribution in [0.1, 0.15) is 31.2 Å². The van der Waals surface area contributed by atoms with Crippen molar-refractivity contribution in [3.63, 3.8) is 0 Å². The molecule has 0 unspecified atom stereocenters. The maximum Gasteiger partial charge on any atom is 0.305 e. The summed E-state index contributed by atoms with van der Waals surface area (Å²) in [5, 5.41) is 1.15. The molecule has 0 radical (unpaired) electrons. The van der Waals surface area contributed by atoms with Crippen LogP contribution in [-0.4, -0.2) is 36.3 Å². The Morgan fingerprint density at radius 1 is 0.974 bits per heavy atom. The van der Waals surface area contributed by atoms with Crippen LogP contribution in [0.4, 0.5) is 0 Å². The first kappa shape index (κ1) is 28.3. The van der Waals surface area contributed by atoms with Crippen molar-refractivity contribution in [1.82, 2.24) is 9.55 Å². The minimum Gasteiger partial charge on any atom is -0.496 e. The van der Waals surface area contributed by atoms with Crippen molar-refractivity contribution in [3.8, 4) is 33.9 Å². The highest BCUT2D eigenvalue weighted by Gasteiger charge is 2.11. The molecule has 4 rings (SSSR count). The van der Waals surface area contributed by atoms with Gasteiger partial charge >= 0.3 is 5.97 Å². The molecule has 4 aromatic rings. The van der Waals surface area contributed by atoms with Gasteiger partial charge in [-0.2, -0.15) is 0 Å². The van der Waals surface area contributed by atoms with Crippen LogP contribution >= 0.6 is 23.2 Å². The summed E-state index contributed by atoms with van der Waals surface area (Å²) in [6, 6.07) is 19.3. The molecule has 0 N–H and O–H groups in total. The molecule has 6 nitrogen and oxygen atoms in total. The molecule has 0 amide bonds. The predicted molar refractivity (Wildman–Crippen MR) is 157 cm³/mol. The summed E-state index contributed by atoms with van der Waals surface area (Å²) in [4.78, 5) is 16.1. The van der Waals surface area contributed by atoms with Gasteiger partial charge in [0.2, 0.25) is 0 Å². The Morgan fingerprint density at radius 3 is 2.44 bits per heavy atom. The number of halogens is 2. The molecule has 0 aliphatic heterocycles. The fourth-order valence-corrected chi connectivity index (χ4v) is 4.61. The first-order valence-electron chi connectivity index (χ1n) is 12.6. The van der Waals surface area contributed by atoms with Crippen LogP contribution < -0.4 is 9.47 Å². The summed E-state index contributed by atoms with van der Waals surface area (Å²) in [6.07, 6.45) is 6.91. The maximum atomic E-state index is 11.2. The van der Waals surface area contributed by atoms with Gasteiger partial charge in [-0.1, -0.05) is 41.4 Å². The standard InChI is InChI=1S/C31H30Cl2N2O4/c1-4-35-20-28(26-14-11-24(32)19-27(26)33)34-30(35)16-10-23-18-22(9-15-29(23)37-2)21-7-12-25(13-8-21)39-17-5-6-31(36)38-3/h7-16,18-20H,4-6,17H2,1-3H3. The van der Waals surface area contributed by atoms with E-state index in [-0.39, 0.29) is 5.97 Å². The molecule has 0 bridgehead atoms. The van der Waals surface area contributed by atoms with Crippen LogP contribution in [0.5, 0.6) is 11.5 Å². The number of aromatic nitrogens is 2. The highest BCUT2D eigenvalue weighted by atomic mass is 35.5. The molecular formula is C31H30Cl2N2O4. The fourth-order valence-electron chi connectivity index (χ4n) is 4.10. The van der Waals surface area contributed by atoms with E-state index in [2.05, 4.69) is 22.3 Å². The second-order valence-corrected chi connectivity index (χ2v) is 9.58. The van der Waals surface area contributed by atoms with Crippen molar-refractivity contribution in [3.05, 3.63) is 88.3 Å². The van der Waals surface area contributed by atoms with Crippen LogP contribution in [0.2, 0.25) is 10.0 Å². The summed E-state index contributed by atoms with van der Waals surface area (Å²) in [7, 11) is 3.05. The number of rotatable bonds is 11. The number of esters is 1. The van der Waals surface area contributed by atoms with E-state index in [0.717, 1.165) is 51.8 Å². The third kappa shape index (κ3) is 7.22. The number of carbonyl (C=O) groups excluding carboxylic acids is 1. The first-order valence-corrected chi connectivity index (χ1v) is 13.4. The van der Waals surface area contributed by atoms with Crippen molar-refractivity contribution < 1.29 is 19.0 Å². The van der Waals surface area contributed by atoms with E-state index in [9.17, 15) is 4.79 Å². The first-order chi connectivity index (χ1) is 18.9. The van der Waals surface area contributed by atoms with Crippen molar-refractivity contribution >= 4 is 41.3 Å². The van der Waals surface area contributed by atoms with Gasteiger partial charge in [0.1, 0.15) is 17.3 Å². The minimum atomic E-state index is -0.233. The van der Waals surface area contributed by atoms with Gasteiger partial charge < -0.3 is 18.8 Å². The van der Waals surface area contributed by atoms with Gasteiger partial charge in [-0.05, 0) is 79.1 Å². The highest BCUT2D eigenvalue weighted by Crippen LogP contribution is 2.32. The lowest BCUT2D eigenvalue weighted by atomic mass is 10.0. The van der Waals surface area contributed by atoms with Crippen molar-refractivity contribution in [1.29, 1.82) is 0 Å². The Bertz CT molecular complexity index is 1460. The van der Waals surface area contributed by atoms with Gasteiger partial charge in [0.15, 0.2) is 0 Å². The van der Waals surface area contributed by atoms with E-state index in [0.29, 0.717) is 29.5 Å². The van der Waals surface area contributed by atoms with Crippen molar-refractivity contribution in [2.45, 2.75) is 26.3 Å². The van der Waals surface area contributed by atoms with Crippen LogP contribution in [0.15, 0.2) is 66.9 Å². The largest absolute Gasteiger partial charge is 0.496 e. The summed E-state index contributed by atoms with van der Waals surface area (Å²) in [6.45, 7) is 3.28. The number of carbonyl (C=O) groups is 1.